The van der Waals surface area contributed by atoms with Crippen LogP contribution in [0, 0.1) is 0 Å². The molecule has 0 aliphatic carbocycles. The summed E-state index contributed by atoms with van der Waals surface area (Å²) in [6.07, 6.45) is 5.92. The van der Waals surface area contributed by atoms with Gasteiger partial charge < -0.3 is 10.2 Å². The molecule has 1 aromatic carbocycles. The maximum absolute atomic E-state index is 13.2. The Bertz CT molecular complexity index is 661. The number of aryl methyl sites for hydroxylation is 1. The fourth-order valence-corrected chi connectivity index (χ4v) is 3.39. The van der Waals surface area contributed by atoms with Gasteiger partial charge in [0.05, 0.1) is 12.2 Å². The topological polar surface area (TPSA) is 45.2 Å². The van der Waals surface area contributed by atoms with E-state index in [-0.39, 0.29) is 11.9 Å². The van der Waals surface area contributed by atoms with E-state index in [4.69, 9.17) is 0 Å². The Morgan fingerprint density at radius 1 is 1.16 bits per heavy atom. The quantitative estimate of drug-likeness (QED) is 0.909. The Balaban J connectivity index is 1.84. The molecule has 0 spiro atoms. The van der Waals surface area contributed by atoms with Crippen molar-refractivity contribution in [3.63, 3.8) is 0 Å². The summed E-state index contributed by atoms with van der Waals surface area (Å²) >= 11 is 0. The van der Waals surface area contributed by atoms with Crippen LogP contribution < -0.4 is 5.32 Å². The molecule has 0 unspecified atom stereocenters. The van der Waals surface area contributed by atoms with Crippen molar-refractivity contribution in [1.82, 2.24) is 15.2 Å². The Labute approximate surface area is 150 Å². The van der Waals surface area contributed by atoms with Crippen molar-refractivity contribution in [2.24, 2.45) is 0 Å². The van der Waals surface area contributed by atoms with Gasteiger partial charge in [0, 0.05) is 17.8 Å². The molecule has 1 atom stereocenters. The van der Waals surface area contributed by atoms with Crippen molar-refractivity contribution in [2.45, 2.75) is 45.2 Å². The van der Waals surface area contributed by atoms with E-state index in [9.17, 15) is 4.79 Å². The van der Waals surface area contributed by atoms with Gasteiger partial charge in [-0.3, -0.25) is 9.78 Å². The number of nitrogens with one attached hydrogen (secondary N) is 1. The van der Waals surface area contributed by atoms with Gasteiger partial charge in [-0.15, -0.1) is 0 Å². The fraction of sp³-hybridized carbons (Fsp3) is 0.429. The zero-order valence-electron chi connectivity index (χ0n) is 14.9. The first kappa shape index (κ1) is 17.6. The molecule has 3 rings (SSSR count). The molecular weight excluding hydrogens is 310 g/mol. The second-order valence-corrected chi connectivity index (χ2v) is 6.64. The first-order valence-electron chi connectivity index (χ1n) is 9.28. The highest BCUT2D eigenvalue weighted by Gasteiger charge is 2.26. The van der Waals surface area contributed by atoms with Crippen LogP contribution in [0.3, 0.4) is 0 Å². The van der Waals surface area contributed by atoms with Gasteiger partial charge in [0.1, 0.15) is 0 Å². The minimum Gasteiger partial charge on any atom is -0.330 e. The van der Waals surface area contributed by atoms with E-state index in [1.165, 1.54) is 5.56 Å². The fourth-order valence-electron chi connectivity index (χ4n) is 3.39. The van der Waals surface area contributed by atoms with Gasteiger partial charge in [0.15, 0.2) is 0 Å². The molecule has 1 aromatic heterocycles. The number of pyridine rings is 1. The zero-order valence-corrected chi connectivity index (χ0v) is 14.9. The number of nitrogens with zero attached hydrogens (tertiary/aromatic N) is 2. The molecule has 0 saturated carbocycles. The van der Waals surface area contributed by atoms with Crippen LogP contribution in [-0.4, -0.2) is 34.9 Å². The number of hydrogen-bond acceptors (Lipinski definition) is 3. The summed E-state index contributed by atoms with van der Waals surface area (Å²) in [6, 6.07) is 14.2. The molecule has 4 nitrogen and oxygen atoms in total. The maximum Gasteiger partial charge on any atom is 0.254 e. The Kier molecular flexibility index (Phi) is 6.18. The lowest BCUT2D eigenvalue weighted by Crippen LogP contribution is -2.40. The molecule has 1 aliphatic heterocycles. The number of aromatic nitrogens is 1. The van der Waals surface area contributed by atoms with Crippen LogP contribution in [0.1, 0.15) is 47.8 Å². The second kappa shape index (κ2) is 8.77. The molecule has 0 radical (unpaired) electrons. The van der Waals surface area contributed by atoms with E-state index in [1.54, 1.807) is 6.20 Å². The van der Waals surface area contributed by atoms with Gasteiger partial charge in [-0.1, -0.05) is 25.1 Å². The average Bonchev–Trinajstić information content (AvgIpc) is 2.96. The summed E-state index contributed by atoms with van der Waals surface area (Å²) in [7, 11) is 0. The normalized spacial score (nSPS) is 17.7. The molecule has 1 N–H and O–H groups in total. The van der Waals surface area contributed by atoms with Gasteiger partial charge in [-0.2, -0.15) is 0 Å². The third-order valence-electron chi connectivity index (χ3n) is 4.91. The van der Waals surface area contributed by atoms with Crippen LogP contribution in [-0.2, 0) is 13.0 Å². The molecule has 132 valence electrons. The monoisotopic (exact) mass is 337 g/mol. The first-order valence-corrected chi connectivity index (χ1v) is 9.28. The predicted octanol–water partition coefficient (Wildman–Crippen LogP) is 3.43. The number of hydrogen-bond donors (Lipinski definition) is 1. The van der Waals surface area contributed by atoms with E-state index in [1.807, 2.05) is 35.2 Å². The van der Waals surface area contributed by atoms with Crippen molar-refractivity contribution in [3.05, 3.63) is 65.5 Å². The Morgan fingerprint density at radius 3 is 2.72 bits per heavy atom. The molecule has 2 aromatic rings. The molecular formula is C21H27N3O. The van der Waals surface area contributed by atoms with Crippen LogP contribution in [0.5, 0.6) is 0 Å². The molecule has 1 fully saturated rings. The van der Waals surface area contributed by atoms with Crippen LogP contribution in [0.15, 0.2) is 48.7 Å². The lowest BCUT2D eigenvalue weighted by molar-refractivity contribution is 0.0642. The highest BCUT2D eigenvalue weighted by atomic mass is 16.2. The zero-order chi connectivity index (χ0) is 17.5. The summed E-state index contributed by atoms with van der Waals surface area (Å²) in [4.78, 5) is 19.7. The lowest BCUT2D eigenvalue weighted by atomic mass is 10.0. The van der Waals surface area contributed by atoms with Gasteiger partial charge >= 0.3 is 0 Å². The predicted molar refractivity (Wildman–Crippen MR) is 100 cm³/mol. The number of rotatable bonds is 5. The molecule has 1 saturated heterocycles. The van der Waals surface area contributed by atoms with E-state index < -0.39 is 0 Å². The summed E-state index contributed by atoms with van der Waals surface area (Å²) in [5.41, 5.74) is 2.97. The molecule has 2 heterocycles. The van der Waals surface area contributed by atoms with Crippen molar-refractivity contribution in [3.8, 4) is 0 Å². The number of amides is 1. The molecule has 1 aliphatic rings. The second-order valence-electron chi connectivity index (χ2n) is 6.64. The van der Waals surface area contributed by atoms with Gasteiger partial charge in [0.25, 0.3) is 5.91 Å². The summed E-state index contributed by atoms with van der Waals surface area (Å²) < 4.78 is 0. The van der Waals surface area contributed by atoms with Crippen molar-refractivity contribution < 1.29 is 4.79 Å². The van der Waals surface area contributed by atoms with Crippen LogP contribution in [0.2, 0.25) is 0 Å². The minimum atomic E-state index is 0.111. The van der Waals surface area contributed by atoms with E-state index in [2.05, 4.69) is 29.4 Å². The van der Waals surface area contributed by atoms with Gasteiger partial charge in [-0.05, 0) is 68.6 Å². The van der Waals surface area contributed by atoms with Crippen molar-refractivity contribution in [2.75, 3.05) is 13.1 Å². The lowest BCUT2D eigenvalue weighted by Gasteiger charge is -2.31. The number of benzene rings is 1. The largest absolute Gasteiger partial charge is 0.330 e. The minimum absolute atomic E-state index is 0.111. The summed E-state index contributed by atoms with van der Waals surface area (Å²) in [5, 5.41) is 3.44. The van der Waals surface area contributed by atoms with Crippen molar-refractivity contribution >= 4 is 5.91 Å². The van der Waals surface area contributed by atoms with Gasteiger partial charge in [-0.25, -0.2) is 0 Å². The average molecular weight is 337 g/mol. The summed E-state index contributed by atoms with van der Waals surface area (Å²) in [6.45, 7) is 4.70. The van der Waals surface area contributed by atoms with Crippen LogP contribution in [0.4, 0.5) is 0 Å². The van der Waals surface area contributed by atoms with E-state index >= 15 is 0 Å². The maximum atomic E-state index is 13.2. The highest BCUT2D eigenvalue weighted by Crippen LogP contribution is 2.20. The van der Waals surface area contributed by atoms with Crippen LogP contribution >= 0.6 is 0 Å². The third-order valence-corrected chi connectivity index (χ3v) is 4.91. The highest BCUT2D eigenvalue weighted by molar-refractivity contribution is 5.94. The third kappa shape index (κ3) is 4.67. The molecule has 1 amide bonds. The Hall–Kier alpha value is -2.20. The van der Waals surface area contributed by atoms with Crippen LogP contribution in [0.25, 0.3) is 0 Å². The number of carbonyl (C=O) groups is 1. The number of carbonyl (C=O) groups excluding carboxylic acids is 1. The molecule has 25 heavy (non-hydrogen) atoms. The smallest absolute Gasteiger partial charge is 0.254 e. The SMILES string of the molecule is CCc1ccc(C(=O)N(Cc2ccccn2)[C@@H]2CCCNCC2)cc1. The van der Waals surface area contributed by atoms with E-state index in [0.717, 1.165) is 50.0 Å². The van der Waals surface area contributed by atoms with Gasteiger partial charge in [0.2, 0.25) is 0 Å². The van der Waals surface area contributed by atoms with Crippen molar-refractivity contribution in [1.29, 1.82) is 0 Å². The molecule has 0 bridgehead atoms. The summed E-state index contributed by atoms with van der Waals surface area (Å²) in [5.74, 6) is 0.111. The standard InChI is InChI=1S/C21H27N3O/c1-2-17-8-10-18(11-9-17)21(25)24(16-19-6-3-4-14-23-19)20-7-5-13-22-15-12-20/h3-4,6,8-11,14,20,22H,2,5,7,12-13,15-16H2,1H3/t20-/m1/s1. The van der Waals surface area contributed by atoms with E-state index in [0.29, 0.717) is 6.54 Å². The molecule has 4 heteroatoms. The first-order chi connectivity index (χ1) is 12.3. The Morgan fingerprint density at radius 2 is 2.00 bits per heavy atom.